The van der Waals surface area contributed by atoms with Crippen LogP contribution in [-0.2, 0) is 6.54 Å². The van der Waals surface area contributed by atoms with E-state index in [1.165, 1.54) is 5.56 Å². The van der Waals surface area contributed by atoms with Crippen molar-refractivity contribution < 1.29 is 0 Å². The van der Waals surface area contributed by atoms with Crippen LogP contribution in [0.2, 0.25) is 0 Å². The number of hydrogen-bond acceptors (Lipinski definition) is 4. The van der Waals surface area contributed by atoms with E-state index in [0.29, 0.717) is 5.92 Å². The molecule has 0 aliphatic carbocycles. The van der Waals surface area contributed by atoms with Gasteiger partial charge in [-0.3, -0.25) is 4.90 Å². The van der Waals surface area contributed by atoms with Crippen molar-refractivity contribution in [1.82, 2.24) is 24.8 Å². The zero-order valence-electron chi connectivity index (χ0n) is 15.5. The van der Waals surface area contributed by atoms with Crippen LogP contribution in [0.15, 0.2) is 79.3 Å². The number of benzene rings is 2. The fraction of sp³-hybridized carbons (Fsp3) is 0.174. The number of imidazole rings is 1. The van der Waals surface area contributed by atoms with E-state index in [-0.39, 0.29) is 0 Å². The molecule has 1 saturated heterocycles. The number of nitrogens with zero attached hydrogens (tertiary/aromatic N) is 4. The van der Waals surface area contributed by atoms with E-state index in [9.17, 15) is 0 Å². The zero-order valence-corrected chi connectivity index (χ0v) is 15.5. The van der Waals surface area contributed by atoms with Crippen LogP contribution in [-0.4, -0.2) is 37.9 Å². The van der Waals surface area contributed by atoms with Gasteiger partial charge in [-0.25, -0.2) is 15.0 Å². The highest BCUT2D eigenvalue weighted by molar-refractivity contribution is 5.60. The Balaban J connectivity index is 1.23. The van der Waals surface area contributed by atoms with Gasteiger partial charge in [0.05, 0.1) is 5.69 Å². The molecule has 28 heavy (non-hydrogen) atoms. The van der Waals surface area contributed by atoms with Gasteiger partial charge < -0.3 is 4.98 Å². The predicted molar refractivity (Wildman–Crippen MR) is 110 cm³/mol. The van der Waals surface area contributed by atoms with Crippen molar-refractivity contribution in [1.29, 1.82) is 0 Å². The SMILES string of the molecule is c1ccc(CN2CC(c3nc(-c4cnc(-c5ccccc5)nc4)c[nH]3)C2)cc1. The van der Waals surface area contributed by atoms with Crippen LogP contribution in [0.3, 0.4) is 0 Å². The second-order valence-corrected chi connectivity index (χ2v) is 7.21. The van der Waals surface area contributed by atoms with Crippen LogP contribution in [0, 0.1) is 0 Å². The summed E-state index contributed by atoms with van der Waals surface area (Å²) in [7, 11) is 0. The Bertz CT molecular complexity index is 1040. The summed E-state index contributed by atoms with van der Waals surface area (Å²) in [5.74, 6) is 2.24. The van der Waals surface area contributed by atoms with Crippen LogP contribution in [0.4, 0.5) is 0 Å². The van der Waals surface area contributed by atoms with Gasteiger partial charge in [-0.05, 0) is 5.56 Å². The average molecular weight is 367 g/mol. The smallest absolute Gasteiger partial charge is 0.159 e. The molecule has 1 N–H and O–H groups in total. The maximum absolute atomic E-state index is 4.78. The molecular weight excluding hydrogens is 346 g/mol. The van der Waals surface area contributed by atoms with Gasteiger partial charge in [-0.1, -0.05) is 60.7 Å². The number of likely N-dealkylation sites (tertiary alicyclic amines) is 1. The largest absolute Gasteiger partial charge is 0.348 e. The Morgan fingerprint density at radius 2 is 1.54 bits per heavy atom. The molecule has 5 heteroatoms. The Labute approximate surface area is 164 Å². The number of nitrogens with one attached hydrogen (secondary N) is 1. The first kappa shape index (κ1) is 16.8. The molecule has 2 aromatic carbocycles. The Kier molecular flexibility index (Phi) is 4.43. The third-order valence-electron chi connectivity index (χ3n) is 5.17. The zero-order chi connectivity index (χ0) is 18.8. The lowest BCUT2D eigenvalue weighted by atomic mass is 9.98. The summed E-state index contributed by atoms with van der Waals surface area (Å²) in [5, 5.41) is 0. The lowest BCUT2D eigenvalue weighted by Crippen LogP contribution is -2.44. The van der Waals surface area contributed by atoms with Crippen LogP contribution in [0.1, 0.15) is 17.3 Å². The molecule has 2 aromatic heterocycles. The minimum Gasteiger partial charge on any atom is -0.348 e. The lowest BCUT2D eigenvalue weighted by molar-refractivity contribution is 0.135. The summed E-state index contributed by atoms with van der Waals surface area (Å²) in [6, 6.07) is 20.6. The molecule has 0 radical (unpaired) electrons. The lowest BCUT2D eigenvalue weighted by Gasteiger charge is -2.38. The molecule has 0 unspecified atom stereocenters. The van der Waals surface area contributed by atoms with Crippen LogP contribution < -0.4 is 0 Å². The summed E-state index contributed by atoms with van der Waals surface area (Å²) >= 11 is 0. The third kappa shape index (κ3) is 3.44. The average Bonchev–Trinajstić information content (AvgIpc) is 3.21. The van der Waals surface area contributed by atoms with Gasteiger partial charge in [0.2, 0.25) is 0 Å². The molecule has 4 aromatic rings. The van der Waals surface area contributed by atoms with Crippen molar-refractivity contribution in [2.75, 3.05) is 13.1 Å². The summed E-state index contributed by atoms with van der Waals surface area (Å²) < 4.78 is 0. The molecule has 0 saturated carbocycles. The highest BCUT2D eigenvalue weighted by Crippen LogP contribution is 2.28. The Morgan fingerprint density at radius 3 is 2.25 bits per heavy atom. The minimum atomic E-state index is 0.460. The number of aromatic nitrogens is 4. The Morgan fingerprint density at radius 1 is 0.857 bits per heavy atom. The first-order chi connectivity index (χ1) is 13.8. The maximum Gasteiger partial charge on any atom is 0.159 e. The van der Waals surface area contributed by atoms with Crippen molar-refractivity contribution in [2.24, 2.45) is 0 Å². The quantitative estimate of drug-likeness (QED) is 0.576. The van der Waals surface area contributed by atoms with Crippen LogP contribution in [0.5, 0.6) is 0 Å². The third-order valence-corrected chi connectivity index (χ3v) is 5.17. The standard InChI is InChI=1S/C23H21N5/c1-3-7-17(8-4-1)14-28-15-20(16-28)23-26-13-21(27-23)19-11-24-22(25-12-19)18-9-5-2-6-10-18/h1-13,20H,14-16H2,(H,26,27). The highest BCUT2D eigenvalue weighted by atomic mass is 15.2. The number of hydrogen-bond donors (Lipinski definition) is 1. The van der Waals surface area contributed by atoms with Gasteiger partial charge in [0.1, 0.15) is 5.82 Å². The van der Waals surface area contributed by atoms with Crippen molar-refractivity contribution >= 4 is 0 Å². The highest BCUT2D eigenvalue weighted by Gasteiger charge is 2.30. The second-order valence-electron chi connectivity index (χ2n) is 7.21. The Hall–Kier alpha value is -3.31. The van der Waals surface area contributed by atoms with Gasteiger partial charge in [-0.2, -0.15) is 0 Å². The van der Waals surface area contributed by atoms with Crippen molar-refractivity contribution in [3.8, 4) is 22.6 Å². The van der Waals surface area contributed by atoms with Gasteiger partial charge in [0, 0.05) is 55.3 Å². The van der Waals surface area contributed by atoms with Crippen molar-refractivity contribution in [3.05, 3.63) is 90.6 Å². The van der Waals surface area contributed by atoms with Gasteiger partial charge in [0.25, 0.3) is 0 Å². The van der Waals surface area contributed by atoms with Crippen LogP contribution in [0.25, 0.3) is 22.6 Å². The van der Waals surface area contributed by atoms with E-state index in [1.54, 1.807) is 0 Å². The van der Waals surface area contributed by atoms with Crippen molar-refractivity contribution in [2.45, 2.75) is 12.5 Å². The van der Waals surface area contributed by atoms with Crippen LogP contribution >= 0.6 is 0 Å². The molecule has 3 heterocycles. The molecule has 1 fully saturated rings. The summed E-state index contributed by atoms with van der Waals surface area (Å²) in [6.07, 6.45) is 5.64. The first-order valence-corrected chi connectivity index (χ1v) is 9.54. The van der Waals surface area contributed by atoms with E-state index >= 15 is 0 Å². The van der Waals surface area contributed by atoms with Gasteiger partial charge >= 0.3 is 0 Å². The molecule has 1 aliphatic rings. The van der Waals surface area contributed by atoms with Crippen molar-refractivity contribution in [3.63, 3.8) is 0 Å². The summed E-state index contributed by atoms with van der Waals surface area (Å²) in [4.78, 5) is 19.6. The summed E-state index contributed by atoms with van der Waals surface area (Å²) in [5.41, 5.74) is 4.21. The number of rotatable bonds is 5. The number of H-pyrrole nitrogens is 1. The molecule has 0 spiro atoms. The molecule has 1 aliphatic heterocycles. The first-order valence-electron chi connectivity index (χ1n) is 9.54. The molecule has 5 nitrogen and oxygen atoms in total. The van der Waals surface area contributed by atoms with E-state index in [0.717, 1.165) is 48.1 Å². The van der Waals surface area contributed by atoms with E-state index < -0.39 is 0 Å². The molecule has 0 amide bonds. The second kappa shape index (κ2) is 7.37. The van der Waals surface area contributed by atoms with Gasteiger partial charge in [0.15, 0.2) is 5.82 Å². The molecule has 138 valence electrons. The molecule has 0 bridgehead atoms. The minimum absolute atomic E-state index is 0.460. The predicted octanol–water partition coefficient (Wildman–Crippen LogP) is 4.13. The fourth-order valence-electron chi connectivity index (χ4n) is 3.60. The fourth-order valence-corrected chi connectivity index (χ4v) is 3.60. The normalized spacial score (nSPS) is 14.7. The van der Waals surface area contributed by atoms with E-state index in [1.807, 2.05) is 48.9 Å². The monoisotopic (exact) mass is 367 g/mol. The summed E-state index contributed by atoms with van der Waals surface area (Å²) in [6.45, 7) is 3.07. The van der Waals surface area contributed by atoms with Gasteiger partial charge in [-0.15, -0.1) is 0 Å². The van der Waals surface area contributed by atoms with E-state index in [2.05, 4.69) is 50.2 Å². The molecule has 0 atom stereocenters. The molecule has 5 rings (SSSR count). The number of aromatic amines is 1. The van der Waals surface area contributed by atoms with E-state index in [4.69, 9.17) is 4.98 Å². The topological polar surface area (TPSA) is 57.7 Å². The molecular formula is C23H21N5. The maximum atomic E-state index is 4.78.